The molecule has 0 heterocycles. The highest BCUT2D eigenvalue weighted by atomic mass is 16.1. The van der Waals surface area contributed by atoms with E-state index in [1.54, 1.807) is 0 Å². The third kappa shape index (κ3) is 3.66. The summed E-state index contributed by atoms with van der Waals surface area (Å²) < 4.78 is 0. The minimum absolute atomic E-state index is 0.0797. The molecule has 6 unspecified atom stereocenters. The molecule has 1 nitrogen and oxygen atoms in total. The SMILES string of the molecule is C=CC(C)C(=O)[C@@]1(C)CC2C3(C)CCC(C)C(C)(C)C3CCC2(C)[C@](C)(C(=C)CC)C1=C.CC. The van der Waals surface area contributed by atoms with Crippen LogP contribution < -0.4 is 0 Å². The summed E-state index contributed by atoms with van der Waals surface area (Å²) >= 11 is 0. The van der Waals surface area contributed by atoms with Gasteiger partial charge in [-0.3, -0.25) is 4.79 Å². The van der Waals surface area contributed by atoms with E-state index < -0.39 is 5.41 Å². The average Bonchev–Trinajstić information content (AvgIpc) is 2.81. The van der Waals surface area contributed by atoms with Gasteiger partial charge < -0.3 is 0 Å². The fourth-order valence-corrected chi connectivity index (χ4v) is 9.05. The van der Waals surface area contributed by atoms with Crippen molar-refractivity contribution in [3.63, 3.8) is 0 Å². The maximum Gasteiger partial charge on any atom is 0.149 e. The minimum atomic E-state index is -0.539. The highest BCUT2D eigenvalue weighted by molar-refractivity contribution is 5.91. The third-order valence-electron chi connectivity index (χ3n) is 12.1. The Morgan fingerprint density at radius 1 is 1.06 bits per heavy atom. The number of allylic oxidation sites excluding steroid dienone is 3. The number of rotatable bonds is 5. The second kappa shape index (κ2) is 9.40. The summed E-state index contributed by atoms with van der Waals surface area (Å²) in [5.41, 5.74) is 2.23. The Morgan fingerprint density at radius 3 is 2.12 bits per heavy atom. The highest BCUT2D eigenvalue weighted by Gasteiger charge is 2.69. The largest absolute Gasteiger partial charge is 0.298 e. The lowest BCUT2D eigenvalue weighted by Gasteiger charge is -2.72. The molecular weight excluding hydrogens is 412 g/mol. The fourth-order valence-electron chi connectivity index (χ4n) is 9.05. The van der Waals surface area contributed by atoms with Crippen molar-refractivity contribution in [2.45, 2.75) is 115 Å². The van der Waals surface area contributed by atoms with E-state index in [1.165, 1.54) is 31.3 Å². The molecule has 0 spiro atoms. The van der Waals surface area contributed by atoms with Crippen LogP contribution in [0.3, 0.4) is 0 Å². The minimum Gasteiger partial charge on any atom is -0.298 e. The van der Waals surface area contributed by atoms with Crippen LogP contribution >= 0.6 is 0 Å². The molecule has 0 aliphatic heterocycles. The second-order valence-corrected chi connectivity index (χ2v) is 13.3. The number of Topliss-reactive ketones (excluding diaryl/α,β-unsaturated/α-hetero) is 1. The summed E-state index contributed by atoms with van der Waals surface area (Å²) in [6, 6.07) is 0. The monoisotopic (exact) mass is 468 g/mol. The van der Waals surface area contributed by atoms with Crippen LogP contribution in [0.25, 0.3) is 0 Å². The number of hydrogen-bond acceptors (Lipinski definition) is 1. The number of carbonyl (C=O) groups excluding carboxylic acids is 1. The Hall–Kier alpha value is -1.11. The van der Waals surface area contributed by atoms with Crippen LogP contribution in [0.2, 0.25) is 0 Å². The van der Waals surface area contributed by atoms with Crippen molar-refractivity contribution in [2.24, 2.45) is 50.7 Å². The van der Waals surface area contributed by atoms with Crippen molar-refractivity contribution in [1.82, 2.24) is 0 Å². The van der Waals surface area contributed by atoms with Crippen LogP contribution in [0, 0.1) is 50.7 Å². The van der Waals surface area contributed by atoms with E-state index >= 15 is 0 Å². The van der Waals surface area contributed by atoms with Gasteiger partial charge in [-0.05, 0) is 79.4 Å². The summed E-state index contributed by atoms with van der Waals surface area (Å²) in [7, 11) is 0. The molecule has 0 aromatic heterocycles. The molecule has 34 heavy (non-hydrogen) atoms. The molecular formula is C33H56O. The zero-order valence-electron chi connectivity index (χ0n) is 24.7. The molecule has 3 aliphatic carbocycles. The van der Waals surface area contributed by atoms with Crippen LogP contribution in [0.1, 0.15) is 115 Å². The van der Waals surface area contributed by atoms with E-state index in [0.29, 0.717) is 23.0 Å². The van der Waals surface area contributed by atoms with Gasteiger partial charge in [-0.25, -0.2) is 0 Å². The van der Waals surface area contributed by atoms with Crippen LogP contribution in [-0.4, -0.2) is 5.78 Å². The van der Waals surface area contributed by atoms with Crippen LogP contribution in [0.15, 0.2) is 37.0 Å². The first-order valence-corrected chi connectivity index (χ1v) is 14.1. The maximum atomic E-state index is 13.9. The van der Waals surface area contributed by atoms with E-state index in [1.807, 2.05) is 26.8 Å². The van der Waals surface area contributed by atoms with Crippen molar-refractivity contribution < 1.29 is 4.79 Å². The zero-order chi connectivity index (χ0) is 26.5. The van der Waals surface area contributed by atoms with Gasteiger partial charge in [0.25, 0.3) is 0 Å². The lowest BCUT2D eigenvalue weighted by atomic mass is 9.32. The Labute approximate surface area is 212 Å². The van der Waals surface area contributed by atoms with Crippen LogP contribution in [-0.2, 0) is 4.79 Å². The van der Waals surface area contributed by atoms with Gasteiger partial charge in [0.2, 0.25) is 0 Å². The molecule has 3 saturated carbocycles. The van der Waals surface area contributed by atoms with Crippen molar-refractivity contribution in [3.05, 3.63) is 37.0 Å². The lowest BCUT2D eigenvalue weighted by Crippen LogP contribution is -2.65. The number of carbonyl (C=O) groups is 1. The Bertz CT molecular complexity index is 831. The van der Waals surface area contributed by atoms with E-state index in [4.69, 9.17) is 6.58 Å². The summed E-state index contributed by atoms with van der Waals surface area (Å²) in [4.78, 5) is 13.9. The normalized spacial score (nSPS) is 44.0. The molecule has 3 rings (SSSR count). The van der Waals surface area contributed by atoms with E-state index in [2.05, 4.69) is 68.5 Å². The lowest BCUT2D eigenvalue weighted by molar-refractivity contribution is -0.195. The predicted molar refractivity (Wildman–Crippen MR) is 150 cm³/mol. The predicted octanol–water partition coefficient (Wildman–Crippen LogP) is 9.84. The van der Waals surface area contributed by atoms with Gasteiger partial charge in [0.1, 0.15) is 5.78 Å². The first-order chi connectivity index (χ1) is 15.6. The Kier molecular flexibility index (Phi) is 8.05. The Balaban J connectivity index is 0.00000199. The molecule has 0 saturated heterocycles. The molecule has 0 radical (unpaired) electrons. The molecule has 8 atom stereocenters. The van der Waals surface area contributed by atoms with Gasteiger partial charge in [0.05, 0.1) is 0 Å². The van der Waals surface area contributed by atoms with Crippen LogP contribution in [0.4, 0.5) is 0 Å². The number of fused-ring (bicyclic) bond motifs is 3. The fraction of sp³-hybridized carbons (Fsp3) is 0.788. The molecule has 1 heteroatoms. The number of ketones is 1. The third-order valence-corrected chi connectivity index (χ3v) is 12.1. The summed E-state index contributed by atoms with van der Waals surface area (Å²) in [5.74, 6) is 2.05. The standard InChI is InChI=1S/C31H50O.C2H6/c1-13-20(3)26(32)29(10)19-25-28(9)17-15-22(5)27(7,8)24(28)16-18-30(25,11)31(12,23(29)6)21(4)14-2;1-2/h13,20,22,24-25H,1,4,6,14-19H2,2-3,5,7-12H3;1-2H3/t20?,22?,24?,25?,28?,29-,30?,31+;/m0./s1. The molecule has 0 N–H and O–H groups in total. The molecule has 194 valence electrons. The van der Waals surface area contributed by atoms with Gasteiger partial charge in [0, 0.05) is 16.7 Å². The average molecular weight is 469 g/mol. The van der Waals surface area contributed by atoms with Crippen molar-refractivity contribution in [2.75, 3.05) is 0 Å². The highest BCUT2D eigenvalue weighted by Crippen LogP contribution is 2.76. The summed E-state index contributed by atoms with van der Waals surface area (Å²) in [6.45, 7) is 38.7. The van der Waals surface area contributed by atoms with Gasteiger partial charge in [-0.2, -0.15) is 0 Å². The quantitative estimate of drug-likeness (QED) is 0.367. The Morgan fingerprint density at radius 2 is 1.62 bits per heavy atom. The van der Waals surface area contributed by atoms with Gasteiger partial charge >= 0.3 is 0 Å². The van der Waals surface area contributed by atoms with Gasteiger partial charge in [-0.1, -0.05) is 99.6 Å². The smallest absolute Gasteiger partial charge is 0.149 e. The zero-order valence-corrected chi connectivity index (χ0v) is 24.7. The van der Waals surface area contributed by atoms with Crippen molar-refractivity contribution in [3.8, 4) is 0 Å². The van der Waals surface area contributed by atoms with Crippen molar-refractivity contribution in [1.29, 1.82) is 0 Å². The van der Waals surface area contributed by atoms with Gasteiger partial charge in [0.15, 0.2) is 0 Å². The summed E-state index contributed by atoms with van der Waals surface area (Å²) in [5, 5.41) is 0. The first-order valence-electron chi connectivity index (χ1n) is 14.1. The molecule has 0 aromatic rings. The molecule has 3 fully saturated rings. The summed E-state index contributed by atoms with van der Waals surface area (Å²) in [6.07, 6.45) is 8.69. The molecule has 0 amide bonds. The molecule has 0 bridgehead atoms. The van der Waals surface area contributed by atoms with E-state index in [0.717, 1.165) is 24.3 Å². The van der Waals surface area contributed by atoms with E-state index in [9.17, 15) is 4.79 Å². The molecule has 0 aromatic carbocycles. The van der Waals surface area contributed by atoms with Gasteiger partial charge in [-0.15, -0.1) is 6.58 Å². The van der Waals surface area contributed by atoms with Crippen molar-refractivity contribution >= 4 is 5.78 Å². The van der Waals surface area contributed by atoms with E-state index in [-0.39, 0.29) is 22.2 Å². The molecule has 3 aliphatic rings. The first kappa shape index (κ1) is 29.1. The topological polar surface area (TPSA) is 17.1 Å². The van der Waals surface area contributed by atoms with Crippen LogP contribution in [0.5, 0.6) is 0 Å². The second-order valence-electron chi connectivity index (χ2n) is 13.3. The maximum absolute atomic E-state index is 13.9. The number of hydrogen-bond donors (Lipinski definition) is 0.